The van der Waals surface area contributed by atoms with Crippen molar-refractivity contribution in [3.63, 3.8) is 0 Å². The van der Waals surface area contributed by atoms with Gasteiger partial charge in [0.2, 0.25) is 15.9 Å². The van der Waals surface area contributed by atoms with E-state index in [0.717, 1.165) is 11.8 Å². The maximum atomic E-state index is 12.3. The molecule has 0 heterocycles. The van der Waals surface area contributed by atoms with E-state index >= 15 is 0 Å². The molecule has 4 atom stereocenters. The third-order valence-corrected chi connectivity index (χ3v) is 8.05. The molecule has 3 fully saturated rings. The fourth-order valence-electron chi connectivity index (χ4n) is 4.69. The highest BCUT2D eigenvalue weighted by molar-refractivity contribution is 9.10. The Kier molecular flexibility index (Phi) is 4.18. The lowest BCUT2D eigenvalue weighted by Crippen LogP contribution is -2.39. The van der Waals surface area contributed by atoms with Crippen molar-refractivity contribution in [2.75, 3.05) is 6.54 Å². The van der Waals surface area contributed by atoms with Crippen molar-refractivity contribution in [1.82, 2.24) is 10.0 Å². The summed E-state index contributed by atoms with van der Waals surface area (Å²) in [6.07, 6.45) is 3.89. The van der Waals surface area contributed by atoms with E-state index in [1.165, 1.54) is 31.4 Å². The highest BCUT2D eigenvalue weighted by Crippen LogP contribution is 2.65. The molecule has 3 aliphatic rings. The molecule has 3 saturated carbocycles. The lowest BCUT2D eigenvalue weighted by Gasteiger charge is -2.12. The Labute approximate surface area is 154 Å². The van der Waals surface area contributed by atoms with Crippen molar-refractivity contribution in [3.8, 4) is 0 Å². The van der Waals surface area contributed by atoms with Crippen LogP contribution in [0.2, 0.25) is 5.02 Å². The second-order valence-corrected chi connectivity index (χ2v) is 10.0. The first kappa shape index (κ1) is 16.8. The Hall–Kier alpha value is -0.630. The molecule has 1 aromatic rings. The number of carbonyl (C=O) groups is 1. The monoisotopic (exact) mass is 432 g/mol. The number of amides is 1. The molecule has 2 bridgehead atoms. The Morgan fingerprint density at radius 3 is 2.54 bits per heavy atom. The summed E-state index contributed by atoms with van der Waals surface area (Å²) in [5, 5.41) is 3.11. The van der Waals surface area contributed by atoms with E-state index in [-0.39, 0.29) is 28.4 Å². The first-order chi connectivity index (χ1) is 11.4. The summed E-state index contributed by atoms with van der Waals surface area (Å²) < 4.78 is 27.6. The third kappa shape index (κ3) is 2.89. The van der Waals surface area contributed by atoms with E-state index in [9.17, 15) is 13.2 Å². The number of halogens is 2. The van der Waals surface area contributed by atoms with Gasteiger partial charge >= 0.3 is 0 Å². The molecule has 1 aromatic carbocycles. The molecule has 4 rings (SSSR count). The third-order valence-electron chi connectivity index (χ3n) is 5.67. The minimum Gasteiger partial charge on any atom is -0.352 e. The van der Waals surface area contributed by atoms with Gasteiger partial charge in [0.15, 0.2) is 0 Å². The molecule has 3 aliphatic carbocycles. The average molecular weight is 434 g/mol. The summed E-state index contributed by atoms with van der Waals surface area (Å²) in [6.45, 7) is -0.264. The van der Waals surface area contributed by atoms with Gasteiger partial charge in [0, 0.05) is 10.5 Å². The minimum atomic E-state index is -3.81. The summed E-state index contributed by atoms with van der Waals surface area (Å²) in [5.41, 5.74) is 0. The van der Waals surface area contributed by atoms with Gasteiger partial charge in [0.1, 0.15) is 4.90 Å². The van der Waals surface area contributed by atoms with Crippen LogP contribution in [-0.2, 0) is 14.8 Å². The smallest absolute Gasteiger partial charge is 0.242 e. The van der Waals surface area contributed by atoms with E-state index < -0.39 is 10.0 Å². The predicted octanol–water partition coefficient (Wildman–Crippen LogP) is 2.54. The van der Waals surface area contributed by atoms with Crippen LogP contribution in [-0.4, -0.2) is 26.9 Å². The van der Waals surface area contributed by atoms with Gasteiger partial charge in [-0.2, -0.15) is 0 Å². The molecule has 130 valence electrons. The van der Waals surface area contributed by atoms with Crippen LogP contribution >= 0.6 is 27.5 Å². The van der Waals surface area contributed by atoms with Crippen LogP contribution in [0, 0.1) is 23.7 Å². The summed E-state index contributed by atoms with van der Waals surface area (Å²) in [6, 6.07) is 4.78. The molecule has 0 unspecified atom stereocenters. The molecule has 0 aromatic heterocycles. The lowest BCUT2D eigenvalue weighted by molar-refractivity contribution is -0.120. The average Bonchev–Trinajstić information content (AvgIpc) is 2.90. The number of benzene rings is 1. The van der Waals surface area contributed by atoms with Gasteiger partial charge in [0.25, 0.3) is 0 Å². The summed E-state index contributed by atoms with van der Waals surface area (Å²) in [7, 11) is -3.81. The van der Waals surface area contributed by atoms with Crippen molar-refractivity contribution >= 4 is 43.5 Å². The topological polar surface area (TPSA) is 75.3 Å². The maximum Gasteiger partial charge on any atom is 0.242 e. The zero-order chi connectivity index (χ0) is 17.1. The standard InChI is InChI=1S/C16H18BrClN2O3S/c17-10-3-4-12(11(18)6-10)24(22,23)19-7-13(21)20-16-14-8-1-2-9(5-8)15(14)16/h3-4,6,8-9,14-16,19H,1-2,5,7H2,(H,20,21)/t8-,9-,14+,15+/m0/s1. The quantitative estimate of drug-likeness (QED) is 0.749. The number of nitrogens with one attached hydrogen (secondary N) is 2. The molecule has 24 heavy (non-hydrogen) atoms. The van der Waals surface area contributed by atoms with Crippen LogP contribution in [0.3, 0.4) is 0 Å². The SMILES string of the molecule is O=C(CNS(=O)(=O)c1ccc(Br)cc1Cl)NC1[C@@H]2[C@H]3CC[C@@H](C3)[C@@H]12. The minimum absolute atomic E-state index is 0.0264. The first-order valence-electron chi connectivity index (χ1n) is 8.11. The Morgan fingerprint density at radius 1 is 1.25 bits per heavy atom. The van der Waals surface area contributed by atoms with E-state index in [4.69, 9.17) is 11.6 Å². The predicted molar refractivity (Wildman–Crippen MR) is 94.1 cm³/mol. The molecule has 0 saturated heterocycles. The van der Waals surface area contributed by atoms with Crippen molar-refractivity contribution in [2.24, 2.45) is 23.7 Å². The molecule has 0 aliphatic heterocycles. The molecule has 0 spiro atoms. The van der Waals surface area contributed by atoms with Crippen LogP contribution in [0.5, 0.6) is 0 Å². The number of fused-ring (bicyclic) bond motifs is 5. The summed E-state index contributed by atoms with van der Waals surface area (Å²) in [4.78, 5) is 12.1. The van der Waals surface area contributed by atoms with Crippen LogP contribution in [0.1, 0.15) is 19.3 Å². The van der Waals surface area contributed by atoms with Gasteiger partial charge in [-0.1, -0.05) is 27.5 Å². The van der Waals surface area contributed by atoms with Gasteiger partial charge in [-0.25, -0.2) is 13.1 Å². The molecule has 8 heteroatoms. The second-order valence-electron chi connectivity index (χ2n) is 6.98. The lowest BCUT2D eigenvalue weighted by atomic mass is 10.0. The Balaban J connectivity index is 1.34. The molecule has 2 N–H and O–H groups in total. The number of carbonyl (C=O) groups excluding carboxylic acids is 1. The fraction of sp³-hybridized carbons (Fsp3) is 0.562. The van der Waals surface area contributed by atoms with Crippen LogP contribution in [0.15, 0.2) is 27.6 Å². The van der Waals surface area contributed by atoms with Crippen molar-refractivity contribution in [3.05, 3.63) is 27.7 Å². The molecular formula is C16H18BrClN2O3S. The van der Waals surface area contributed by atoms with Crippen molar-refractivity contribution in [1.29, 1.82) is 0 Å². The van der Waals surface area contributed by atoms with Gasteiger partial charge in [-0.15, -0.1) is 0 Å². The van der Waals surface area contributed by atoms with Gasteiger partial charge in [-0.3, -0.25) is 4.79 Å². The normalized spacial score (nSPS) is 33.3. The van der Waals surface area contributed by atoms with Crippen LogP contribution < -0.4 is 10.0 Å². The first-order valence-corrected chi connectivity index (χ1v) is 10.8. The molecule has 5 nitrogen and oxygen atoms in total. The number of rotatable bonds is 5. The van der Waals surface area contributed by atoms with Gasteiger partial charge in [-0.05, 0) is 61.1 Å². The van der Waals surface area contributed by atoms with Gasteiger partial charge < -0.3 is 5.32 Å². The molecular weight excluding hydrogens is 416 g/mol. The van der Waals surface area contributed by atoms with Crippen molar-refractivity contribution in [2.45, 2.75) is 30.2 Å². The zero-order valence-electron chi connectivity index (χ0n) is 12.8. The van der Waals surface area contributed by atoms with Crippen molar-refractivity contribution < 1.29 is 13.2 Å². The van der Waals surface area contributed by atoms with Gasteiger partial charge in [0.05, 0.1) is 11.6 Å². The zero-order valence-corrected chi connectivity index (χ0v) is 16.0. The Morgan fingerprint density at radius 2 is 1.92 bits per heavy atom. The fourth-order valence-corrected chi connectivity index (χ4v) is 6.70. The highest BCUT2D eigenvalue weighted by atomic mass is 79.9. The highest BCUT2D eigenvalue weighted by Gasteiger charge is 2.65. The largest absolute Gasteiger partial charge is 0.352 e. The Bertz CT molecular complexity index is 785. The molecule has 0 radical (unpaired) electrons. The van der Waals surface area contributed by atoms with Crippen LogP contribution in [0.25, 0.3) is 0 Å². The number of hydrogen-bond donors (Lipinski definition) is 2. The van der Waals surface area contributed by atoms with E-state index in [1.54, 1.807) is 6.07 Å². The van der Waals surface area contributed by atoms with Crippen LogP contribution in [0.4, 0.5) is 0 Å². The second kappa shape index (κ2) is 5.97. The number of hydrogen-bond acceptors (Lipinski definition) is 3. The van der Waals surface area contributed by atoms with E-state index in [0.29, 0.717) is 16.3 Å². The van der Waals surface area contributed by atoms with E-state index in [1.807, 2.05) is 0 Å². The maximum absolute atomic E-state index is 12.3. The number of sulfonamides is 1. The summed E-state index contributed by atoms with van der Waals surface area (Å²) in [5.74, 6) is 2.52. The molecule has 1 amide bonds. The van der Waals surface area contributed by atoms with E-state index in [2.05, 4.69) is 26.0 Å². The summed E-state index contributed by atoms with van der Waals surface area (Å²) >= 11 is 9.21.